The standard InChI is InChI=1S/C21H48O7Si4/c1-20(2,18(22)23)21(3,4)19(24)25-16-14-15-17-32(26-29(5,6)7,27-30(8,9)10)28-31(11,12)13/h14-17H2,1-13H3,(H,22,23). The summed E-state index contributed by atoms with van der Waals surface area (Å²) in [5.74, 6) is -1.52. The zero-order valence-electron chi connectivity index (χ0n) is 22.7. The Morgan fingerprint density at radius 3 is 1.38 bits per heavy atom. The summed E-state index contributed by atoms with van der Waals surface area (Å²) >= 11 is 0. The number of aliphatic carboxylic acids is 1. The van der Waals surface area contributed by atoms with Gasteiger partial charge in [0.2, 0.25) is 0 Å². The third kappa shape index (κ3) is 10.7. The zero-order chi connectivity index (χ0) is 25.8. The average molecular weight is 525 g/mol. The van der Waals surface area contributed by atoms with Crippen LogP contribution < -0.4 is 0 Å². The second-order valence-corrected chi connectivity index (χ2v) is 29.5. The molecule has 32 heavy (non-hydrogen) atoms. The van der Waals surface area contributed by atoms with Crippen molar-refractivity contribution in [3.63, 3.8) is 0 Å². The van der Waals surface area contributed by atoms with Crippen LogP contribution in [0, 0.1) is 10.8 Å². The second kappa shape index (κ2) is 11.0. The van der Waals surface area contributed by atoms with Crippen LogP contribution in [0.5, 0.6) is 0 Å². The van der Waals surface area contributed by atoms with Gasteiger partial charge in [-0.25, -0.2) is 0 Å². The van der Waals surface area contributed by atoms with Crippen LogP contribution in [-0.4, -0.2) is 57.4 Å². The monoisotopic (exact) mass is 524 g/mol. The van der Waals surface area contributed by atoms with E-state index < -0.39 is 56.5 Å². The normalized spacial score (nSPS) is 14.4. The van der Waals surface area contributed by atoms with Gasteiger partial charge in [-0.05, 0) is 99.5 Å². The van der Waals surface area contributed by atoms with E-state index in [0.29, 0.717) is 12.5 Å². The first kappa shape index (κ1) is 31.7. The highest BCUT2D eigenvalue weighted by Gasteiger charge is 2.51. The van der Waals surface area contributed by atoms with Crippen molar-refractivity contribution >= 4 is 45.7 Å². The summed E-state index contributed by atoms with van der Waals surface area (Å²) in [6, 6.07) is 0.688. The number of carbonyl (C=O) groups excluding carboxylic acids is 1. The van der Waals surface area contributed by atoms with Crippen molar-refractivity contribution in [1.29, 1.82) is 0 Å². The third-order valence-corrected chi connectivity index (χ3v) is 17.1. The van der Waals surface area contributed by atoms with Crippen molar-refractivity contribution in [2.75, 3.05) is 6.61 Å². The number of unbranched alkanes of at least 4 members (excludes halogenated alkanes) is 1. The maximum absolute atomic E-state index is 12.6. The maximum Gasteiger partial charge on any atom is 0.469 e. The van der Waals surface area contributed by atoms with E-state index in [4.69, 9.17) is 17.1 Å². The van der Waals surface area contributed by atoms with Gasteiger partial charge in [0.1, 0.15) is 0 Å². The summed E-state index contributed by atoms with van der Waals surface area (Å²) in [6.07, 6.45) is 1.39. The van der Waals surface area contributed by atoms with E-state index in [2.05, 4.69) is 58.9 Å². The predicted octanol–water partition coefficient (Wildman–Crippen LogP) is 5.94. The third-order valence-electron chi connectivity index (χ3n) is 5.10. The van der Waals surface area contributed by atoms with Crippen LogP contribution in [0.25, 0.3) is 0 Å². The zero-order valence-corrected chi connectivity index (χ0v) is 26.7. The second-order valence-electron chi connectivity index (χ2n) is 12.5. The van der Waals surface area contributed by atoms with Crippen LogP contribution in [0.1, 0.15) is 40.5 Å². The van der Waals surface area contributed by atoms with Gasteiger partial charge in [0.05, 0.1) is 17.4 Å². The molecule has 0 saturated carbocycles. The Morgan fingerprint density at radius 1 is 0.688 bits per heavy atom. The number of hydrogen-bond acceptors (Lipinski definition) is 6. The van der Waals surface area contributed by atoms with Crippen LogP contribution in [0.3, 0.4) is 0 Å². The van der Waals surface area contributed by atoms with Crippen LogP contribution in [-0.2, 0) is 26.7 Å². The fraction of sp³-hybridized carbons (Fsp3) is 0.905. The topological polar surface area (TPSA) is 91.3 Å². The first-order chi connectivity index (χ1) is 13.9. The Bertz CT molecular complexity index is 603. The molecule has 190 valence electrons. The summed E-state index contributed by atoms with van der Waals surface area (Å²) < 4.78 is 25.5. The lowest BCUT2D eigenvalue weighted by Gasteiger charge is -2.43. The average Bonchev–Trinajstić information content (AvgIpc) is 2.48. The Balaban J connectivity index is 5.27. The summed E-state index contributed by atoms with van der Waals surface area (Å²) in [4.78, 5) is 24.2. The molecule has 0 amide bonds. The molecule has 7 nitrogen and oxygen atoms in total. The van der Waals surface area contributed by atoms with Crippen LogP contribution in [0.15, 0.2) is 0 Å². The Labute approximate surface area is 200 Å². The Hall–Kier alpha value is -0.312. The Kier molecular flexibility index (Phi) is 10.8. The molecule has 0 aromatic carbocycles. The largest absolute Gasteiger partial charge is 0.481 e. The fourth-order valence-electron chi connectivity index (χ4n) is 2.93. The first-order valence-electron chi connectivity index (χ1n) is 11.5. The van der Waals surface area contributed by atoms with Crippen LogP contribution in [0.4, 0.5) is 0 Å². The lowest BCUT2D eigenvalue weighted by atomic mass is 9.68. The van der Waals surface area contributed by atoms with Gasteiger partial charge >= 0.3 is 20.7 Å². The molecule has 0 saturated heterocycles. The molecule has 0 aromatic rings. The molecular weight excluding hydrogens is 477 g/mol. The van der Waals surface area contributed by atoms with E-state index in [1.54, 1.807) is 27.7 Å². The molecule has 0 aliphatic heterocycles. The van der Waals surface area contributed by atoms with E-state index >= 15 is 0 Å². The molecule has 0 unspecified atom stereocenters. The molecule has 0 aromatic heterocycles. The lowest BCUT2D eigenvalue weighted by molar-refractivity contribution is -0.172. The Morgan fingerprint density at radius 2 is 1.06 bits per heavy atom. The molecule has 11 heteroatoms. The summed E-state index contributed by atoms with van der Waals surface area (Å²) in [6.45, 7) is 26.0. The molecular formula is C21H48O7Si4. The quantitative estimate of drug-likeness (QED) is 0.171. The number of rotatable bonds is 14. The van der Waals surface area contributed by atoms with Gasteiger partial charge in [-0.3, -0.25) is 9.59 Å². The highest BCUT2D eigenvalue weighted by Crippen LogP contribution is 2.40. The minimum absolute atomic E-state index is 0.231. The summed E-state index contributed by atoms with van der Waals surface area (Å²) in [5.41, 5.74) is -2.37. The van der Waals surface area contributed by atoms with E-state index in [9.17, 15) is 14.7 Å². The molecule has 0 fully saturated rings. The molecule has 0 spiro atoms. The van der Waals surface area contributed by atoms with Crippen LogP contribution >= 0.6 is 0 Å². The van der Waals surface area contributed by atoms with Crippen molar-refractivity contribution in [1.82, 2.24) is 0 Å². The fourth-order valence-corrected chi connectivity index (χ4v) is 17.7. The van der Waals surface area contributed by atoms with E-state index in [0.717, 1.165) is 6.42 Å². The maximum atomic E-state index is 12.6. The number of esters is 1. The van der Waals surface area contributed by atoms with Gasteiger partial charge in [-0.2, -0.15) is 0 Å². The van der Waals surface area contributed by atoms with Gasteiger partial charge in [0, 0.05) is 6.04 Å². The van der Waals surface area contributed by atoms with Gasteiger partial charge < -0.3 is 22.2 Å². The van der Waals surface area contributed by atoms with Crippen molar-refractivity contribution in [3.8, 4) is 0 Å². The molecule has 0 rings (SSSR count). The smallest absolute Gasteiger partial charge is 0.469 e. The van der Waals surface area contributed by atoms with Crippen molar-refractivity contribution in [3.05, 3.63) is 0 Å². The SMILES string of the molecule is CC(C)(C(=O)O)C(C)(C)C(=O)OCCCC[Si](O[Si](C)(C)C)(O[Si](C)(C)C)O[Si](C)(C)C. The molecule has 0 radical (unpaired) electrons. The molecule has 1 N–H and O–H groups in total. The minimum atomic E-state index is -2.89. The molecule has 0 atom stereocenters. The van der Waals surface area contributed by atoms with Gasteiger partial charge in [0.15, 0.2) is 25.0 Å². The van der Waals surface area contributed by atoms with E-state index in [1.165, 1.54) is 0 Å². The van der Waals surface area contributed by atoms with E-state index in [-0.39, 0.29) is 6.61 Å². The van der Waals surface area contributed by atoms with E-state index in [1.807, 2.05) is 0 Å². The minimum Gasteiger partial charge on any atom is -0.481 e. The van der Waals surface area contributed by atoms with Gasteiger partial charge in [-0.15, -0.1) is 0 Å². The molecule has 0 aliphatic rings. The number of carbonyl (C=O) groups is 2. The van der Waals surface area contributed by atoms with Gasteiger partial charge in [0.25, 0.3) is 0 Å². The van der Waals surface area contributed by atoms with Crippen molar-refractivity contribution in [2.45, 2.75) is 106 Å². The number of ether oxygens (including phenoxy) is 1. The summed E-state index contributed by atoms with van der Waals surface area (Å²) in [7, 11) is -8.65. The first-order valence-corrected chi connectivity index (χ1v) is 23.6. The lowest BCUT2D eigenvalue weighted by Crippen LogP contribution is -2.60. The molecule has 0 heterocycles. The number of carboxylic acid groups (broad SMARTS) is 1. The van der Waals surface area contributed by atoms with Crippen LogP contribution in [0.2, 0.25) is 65.0 Å². The van der Waals surface area contributed by atoms with Crippen molar-refractivity contribution in [2.24, 2.45) is 10.8 Å². The highest BCUT2D eigenvalue weighted by atomic mass is 28.5. The highest BCUT2D eigenvalue weighted by molar-refractivity contribution is 6.90. The van der Waals surface area contributed by atoms with Gasteiger partial charge in [-0.1, -0.05) is 0 Å². The summed E-state index contributed by atoms with van der Waals surface area (Å²) in [5, 5.41) is 9.47. The number of carboxylic acids is 1. The predicted molar refractivity (Wildman–Crippen MR) is 139 cm³/mol. The number of hydrogen-bond donors (Lipinski definition) is 1. The molecule has 0 bridgehead atoms. The molecule has 0 aliphatic carbocycles. The van der Waals surface area contributed by atoms with Crippen molar-refractivity contribution < 1.29 is 31.8 Å².